The fourth-order valence-corrected chi connectivity index (χ4v) is 3.17. The van der Waals surface area contributed by atoms with Gasteiger partial charge in [-0.3, -0.25) is 0 Å². The molecule has 0 spiro atoms. The van der Waals surface area contributed by atoms with Crippen LogP contribution in [0.15, 0.2) is 12.1 Å². The quantitative estimate of drug-likeness (QED) is 0.674. The van der Waals surface area contributed by atoms with Crippen molar-refractivity contribution in [2.24, 2.45) is 5.92 Å². The average molecular weight is 216 g/mol. The van der Waals surface area contributed by atoms with Crippen molar-refractivity contribution in [1.82, 2.24) is 0 Å². The van der Waals surface area contributed by atoms with Crippen molar-refractivity contribution in [3.8, 4) is 0 Å². The van der Waals surface area contributed by atoms with Crippen LogP contribution in [0.25, 0.3) is 0 Å². The minimum absolute atomic E-state index is 0.737. The van der Waals surface area contributed by atoms with Gasteiger partial charge < -0.3 is 0 Å². The largest absolute Gasteiger partial charge is 0.0614 e. The van der Waals surface area contributed by atoms with Crippen LogP contribution in [-0.2, 0) is 12.8 Å². The number of hydrogen-bond donors (Lipinski definition) is 0. The molecule has 1 aromatic rings. The molecule has 0 fully saturated rings. The molecule has 0 aromatic heterocycles. The molecule has 0 nitrogen and oxygen atoms in total. The third kappa shape index (κ3) is 1.59. The second-order valence-corrected chi connectivity index (χ2v) is 5.39. The van der Waals surface area contributed by atoms with Crippen LogP contribution in [0.5, 0.6) is 0 Å². The first-order valence-electron chi connectivity index (χ1n) is 6.75. The van der Waals surface area contributed by atoms with Gasteiger partial charge in [-0.15, -0.1) is 0 Å². The summed E-state index contributed by atoms with van der Waals surface area (Å²) in [4.78, 5) is 0. The first-order valence-corrected chi connectivity index (χ1v) is 6.75. The highest BCUT2D eigenvalue weighted by Crippen LogP contribution is 2.46. The molecular formula is C16H24. The van der Waals surface area contributed by atoms with E-state index in [1.54, 1.807) is 22.3 Å². The molecule has 1 aliphatic rings. The maximum atomic E-state index is 2.48. The Morgan fingerprint density at radius 1 is 0.812 bits per heavy atom. The van der Waals surface area contributed by atoms with E-state index in [4.69, 9.17) is 0 Å². The van der Waals surface area contributed by atoms with Crippen LogP contribution in [0.3, 0.4) is 0 Å². The van der Waals surface area contributed by atoms with Crippen molar-refractivity contribution in [3.63, 3.8) is 0 Å². The van der Waals surface area contributed by atoms with Gasteiger partial charge in [-0.05, 0) is 52.8 Å². The van der Waals surface area contributed by atoms with Gasteiger partial charge in [-0.25, -0.2) is 0 Å². The molecule has 0 N–H and O–H groups in total. The number of rotatable bonds is 2. The molecule has 0 aliphatic heterocycles. The molecule has 2 atom stereocenters. The lowest BCUT2D eigenvalue weighted by molar-refractivity contribution is 0.464. The van der Waals surface area contributed by atoms with E-state index in [9.17, 15) is 0 Å². The van der Waals surface area contributed by atoms with Crippen LogP contribution in [0, 0.1) is 5.92 Å². The zero-order chi connectivity index (χ0) is 11.9. The summed E-state index contributed by atoms with van der Waals surface area (Å²) in [5.41, 5.74) is 6.37. The van der Waals surface area contributed by atoms with E-state index in [1.165, 1.54) is 12.8 Å². The zero-order valence-electron chi connectivity index (χ0n) is 11.3. The van der Waals surface area contributed by atoms with Crippen molar-refractivity contribution in [1.29, 1.82) is 0 Å². The molecule has 0 heteroatoms. The first-order chi connectivity index (χ1) is 7.60. The summed E-state index contributed by atoms with van der Waals surface area (Å²) in [7, 11) is 0. The second kappa shape index (κ2) is 4.24. The Bertz CT molecular complexity index is 352. The van der Waals surface area contributed by atoms with Gasteiger partial charge in [0.1, 0.15) is 0 Å². The highest BCUT2D eigenvalue weighted by Gasteiger charge is 2.32. The van der Waals surface area contributed by atoms with Crippen LogP contribution in [-0.4, -0.2) is 0 Å². The fourth-order valence-electron chi connectivity index (χ4n) is 3.17. The minimum atomic E-state index is 0.737. The van der Waals surface area contributed by atoms with Gasteiger partial charge in [0.05, 0.1) is 0 Å². The van der Waals surface area contributed by atoms with Gasteiger partial charge in [-0.2, -0.15) is 0 Å². The minimum Gasteiger partial charge on any atom is -0.0614 e. The zero-order valence-corrected chi connectivity index (χ0v) is 11.3. The van der Waals surface area contributed by atoms with E-state index in [-0.39, 0.29) is 0 Å². The van der Waals surface area contributed by atoms with Crippen molar-refractivity contribution in [3.05, 3.63) is 34.4 Å². The smallest absolute Gasteiger partial charge is 0.0156 e. The summed E-state index contributed by atoms with van der Waals surface area (Å²) in [6, 6.07) is 4.97. The Labute approximate surface area is 100 Å². The predicted molar refractivity (Wildman–Crippen MR) is 71.2 cm³/mol. The van der Waals surface area contributed by atoms with Crippen LogP contribution in [0.2, 0.25) is 0 Å². The lowest BCUT2D eigenvalue weighted by atomic mass is 9.91. The standard InChI is InChI=1S/C16H24/c1-6-13-8-15-11(4)10(3)12(5)16(15)9-14(13)7-2/h8-12H,6-7H2,1-5H3. The van der Waals surface area contributed by atoms with E-state index in [0.29, 0.717) is 0 Å². The van der Waals surface area contributed by atoms with Gasteiger partial charge in [-0.1, -0.05) is 46.8 Å². The summed E-state index contributed by atoms with van der Waals surface area (Å²) < 4.78 is 0. The van der Waals surface area contributed by atoms with Crippen molar-refractivity contribution >= 4 is 0 Å². The number of benzene rings is 1. The summed E-state index contributed by atoms with van der Waals surface area (Å²) in [5, 5.41) is 0. The highest BCUT2D eigenvalue weighted by atomic mass is 14.4. The summed E-state index contributed by atoms with van der Waals surface area (Å²) >= 11 is 0. The predicted octanol–water partition coefficient (Wildman–Crippen LogP) is 4.67. The van der Waals surface area contributed by atoms with Crippen molar-refractivity contribution < 1.29 is 0 Å². The summed E-state index contributed by atoms with van der Waals surface area (Å²) in [6.45, 7) is 11.7. The Morgan fingerprint density at radius 2 is 1.19 bits per heavy atom. The molecule has 0 amide bonds. The van der Waals surface area contributed by atoms with E-state index in [2.05, 4.69) is 46.8 Å². The Kier molecular flexibility index (Phi) is 3.10. The van der Waals surface area contributed by atoms with Gasteiger partial charge in [0.25, 0.3) is 0 Å². The van der Waals surface area contributed by atoms with Crippen LogP contribution in [0.4, 0.5) is 0 Å². The maximum absolute atomic E-state index is 2.48. The topological polar surface area (TPSA) is 0 Å². The molecule has 0 heterocycles. The lowest BCUT2D eigenvalue weighted by Crippen LogP contribution is -2.01. The Hall–Kier alpha value is -0.780. The van der Waals surface area contributed by atoms with Crippen LogP contribution < -0.4 is 0 Å². The van der Waals surface area contributed by atoms with Gasteiger partial charge >= 0.3 is 0 Å². The molecule has 1 aliphatic carbocycles. The van der Waals surface area contributed by atoms with E-state index in [0.717, 1.165) is 17.8 Å². The monoisotopic (exact) mass is 216 g/mol. The fraction of sp³-hybridized carbons (Fsp3) is 0.625. The number of hydrogen-bond acceptors (Lipinski definition) is 0. The molecule has 0 saturated carbocycles. The molecule has 1 aromatic carbocycles. The van der Waals surface area contributed by atoms with Gasteiger partial charge in [0.15, 0.2) is 0 Å². The number of aryl methyl sites for hydroxylation is 2. The number of fused-ring (bicyclic) bond motifs is 1. The highest BCUT2D eigenvalue weighted by molar-refractivity contribution is 5.45. The molecule has 2 unspecified atom stereocenters. The normalized spacial score (nSPS) is 28.2. The SMILES string of the molecule is CCc1cc2c(cc1CC)C(C)C(C)C2C. The Balaban J connectivity index is 2.55. The molecular weight excluding hydrogens is 192 g/mol. The molecule has 88 valence electrons. The lowest BCUT2D eigenvalue weighted by Gasteiger charge is -2.13. The van der Waals surface area contributed by atoms with Gasteiger partial charge in [0, 0.05) is 0 Å². The molecule has 2 rings (SSSR count). The molecule has 0 radical (unpaired) electrons. The van der Waals surface area contributed by atoms with Crippen LogP contribution in [0.1, 0.15) is 68.7 Å². The second-order valence-electron chi connectivity index (χ2n) is 5.39. The molecule has 0 bridgehead atoms. The summed E-state index contributed by atoms with van der Waals surface area (Å²) in [5.74, 6) is 2.27. The molecule has 0 saturated heterocycles. The van der Waals surface area contributed by atoms with E-state index >= 15 is 0 Å². The average Bonchev–Trinajstić information content (AvgIpc) is 2.52. The third-order valence-electron chi connectivity index (χ3n) is 4.73. The summed E-state index contributed by atoms with van der Waals surface area (Å²) in [6.07, 6.45) is 2.35. The first kappa shape index (κ1) is 11.7. The Morgan fingerprint density at radius 3 is 1.50 bits per heavy atom. The van der Waals surface area contributed by atoms with Crippen LogP contribution >= 0.6 is 0 Å². The van der Waals surface area contributed by atoms with Gasteiger partial charge in [0.2, 0.25) is 0 Å². The van der Waals surface area contributed by atoms with Crippen molar-refractivity contribution in [2.45, 2.75) is 59.3 Å². The van der Waals surface area contributed by atoms with E-state index in [1.807, 2.05) is 0 Å². The molecule has 16 heavy (non-hydrogen) atoms. The maximum Gasteiger partial charge on any atom is -0.0156 e. The third-order valence-corrected chi connectivity index (χ3v) is 4.73. The van der Waals surface area contributed by atoms with E-state index < -0.39 is 0 Å². The van der Waals surface area contributed by atoms with Crippen molar-refractivity contribution in [2.75, 3.05) is 0 Å².